The van der Waals surface area contributed by atoms with Gasteiger partial charge in [-0.3, -0.25) is 9.59 Å². The number of likely N-dealkylation sites (tertiary alicyclic amines) is 1. The van der Waals surface area contributed by atoms with Crippen LogP contribution in [0.3, 0.4) is 0 Å². The molecule has 2 fully saturated rings. The molecule has 1 atom stereocenters. The van der Waals surface area contributed by atoms with Crippen LogP contribution in [0.25, 0.3) is 0 Å². The number of amides is 2. The van der Waals surface area contributed by atoms with Crippen molar-refractivity contribution in [3.63, 3.8) is 0 Å². The van der Waals surface area contributed by atoms with Gasteiger partial charge in [0, 0.05) is 48.5 Å². The van der Waals surface area contributed by atoms with E-state index in [9.17, 15) is 9.59 Å². The van der Waals surface area contributed by atoms with Crippen LogP contribution in [0.4, 0.5) is 11.5 Å². The number of halogens is 1. The fourth-order valence-corrected chi connectivity index (χ4v) is 4.35. The summed E-state index contributed by atoms with van der Waals surface area (Å²) in [6, 6.07) is 18.0. The van der Waals surface area contributed by atoms with Crippen molar-refractivity contribution in [2.45, 2.75) is 12.5 Å². The molecule has 0 saturated carbocycles. The normalized spacial score (nSPS) is 17.9. The summed E-state index contributed by atoms with van der Waals surface area (Å²) >= 11 is 6.01. The quantitative estimate of drug-likeness (QED) is 0.584. The molecule has 8 nitrogen and oxygen atoms in total. The highest BCUT2D eigenvalue weighted by Gasteiger charge is 2.33. The van der Waals surface area contributed by atoms with Crippen molar-refractivity contribution in [3.8, 4) is 5.75 Å². The average Bonchev–Trinajstić information content (AvgIpc) is 3.28. The Kier molecular flexibility index (Phi) is 6.31. The maximum absolute atomic E-state index is 12.7. The number of nitrogens with zero attached hydrogens (tertiary/aromatic N) is 4. The standard InChI is InChI=1S/C25H24ClN5O3/c26-19-4-1-3-17(13-19)25(33)30-12-10-22(16-30)34-21-8-6-20(7-9-21)28-24(32)18-14-31(15-18)23-5-2-11-27-29-23/h1-9,11,13,18,22H,10,12,14-16H2,(H,28,32)/t22-/m1/s1. The second-order valence-corrected chi connectivity index (χ2v) is 8.92. The van der Waals surface area contributed by atoms with Crippen LogP contribution in [0.5, 0.6) is 5.75 Å². The number of aromatic nitrogens is 2. The number of hydrogen-bond acceptors (Lipinski definition) is 6. The number of benzene rings is 2. The highest BCUT2D eigenvalue weighted by Crippen LogP contribution is 2.25. The smallest absolute Gasteiger partial charge is 0.254 e. The van der Waals surface area contributed by atoms with Crippen molar-refractivity contribution in [3.05, 3.63) is 77.4 Å². The third kappa shape index (κ3) is 4.97. The van der Waals surface area contributed by atoms with Crippen LogP contribution >= 0.6 is 11.6 Å². The minimum Gasteiger partial charge on any atom is -0.489 e. The molecule has 0 aliphatic carbocycles. The fourth-order valence-electron chi connectivity index (χ4n) is 4.16. The Morgan fingerprint density at radius 2 is 1.85 bits per heavy atom. The summed E-state index contributed by atoms with van der Waals surface area (Å²) in [5.41, 5.74) is 1.30. The zero-order valence-corrected chi connectivity index (χ0v) is 19.2. The summed E-state index contributed by atoms with van der Waals surface area (Å²) in [6.45, 7) is 2.40. The van der Waals surface area contributed by atoms with Gasteiger partial charge in [-0.1, -0.05) is 17.7 Å². The molecule has 3 aromatic rings. The predicted octanol–water partition coefficient (Wildman–Crippen LogP) is 3.50. The molecule has 2 aliphatic heterocycles. The maximum atomic E-state index is 12.7. The molecule has 1 aromatic heterocycles. The molecule has 0 unspecified atom stereocenters. The first-order chi connectivity index (χ1) is 16.5. The van der Waals surface area contributed by atoms with Crippen LogP contribution in [-0.2, 0) is 4.79 Å². The third-order valence-corrected chi connectivity index (χ3v) is 6.30. The summed E-state index contributed by atoms with van der Waals surface area (Å²) in [4.78, 5) is 29.0. The van der Waals surface area contributed by atoms with Gasteiger partial charge in [-0.2, -0.15) is 5.10 Å². The molecule has 2 aliphatic rings. The van der Waals surface area contributed by atoms with Gasteiger partial charge in [0.1, 0.15) is 11.9 Å². The minimum absolute atomic E-state index is 0.0141. The maximum Gasteiger partial charge on any atom is 0.254 e. The predicted molar refractivity (Wildman–Crippen MR) is 129 cm³/mol. The second kappa shape index (κ2) is 9.69. The lowest BCUT2D eigenvalue weighted by Crippen LogP contribution is -2.52. The number of carbonyl (C=O) groups is 2. The van der Waals surface area contributed by atoms with Crippen molar-refractivity contribution >= 4 is 34.9 Å². The first-order valence-electron chi connectivity index (χ1n) is 11.2. The zero-order valence-electron chi connectivity index (χ0n) is 18.4. The van der Waals surface area contributed by atoms with Gasteiger partial charge in [-0.25, -0.2) is 0 Å². The van der Waals surface area contributed by atoms with Crippen LogP contribution in [0.2, 0.25) is 5.02 Å². The largest absolute Gasteiger partial charge is 0.489 e. The van der Waals surface area contributed by atoms with Crippen molar-refractivity contribution in [2.24, 2.45) is 5.92 Å². The summed E-state index contributed by atoms with van der Waals surface area (Å²) in [7, 11) is 0. The van der Waals surface area contributed by atoms with E-state index in [4.69, 9.17) is 16.3 Å². The topological polar surface area (TPSA) is 87.7 Å². The molecule has 0 spiro atoms. The lowest BCUT2D eigenvalue weighted by atomic mass is 9.99. The van der Waals surface area contributed by atoms with Gasteiger partial charge in [-0.15, -0.1) is 5.10 Å². The Morgan fingerprint density at radius 1 is 1.03 bits per heavy atom. The highest BCUT2D eigenvalue weighted by atomic mass is 35.5. The van der Waals surface area contributed by atoms with Gasteiger partial charge in [0.2, 0.25) is 5.91 Å². The molecule has 2 aromatic carbocycles. The second-order valence-electron chi connectivity index (χ2n) is 8.49. The van der Waals surface area contributed by atoms with Crippen molar-refractivity contribution in [1.82, 2.24) is 15.1 Å². The van der Waals surface area contributed by atoms with E-state index in [-0.39, 0.29) is 23.8 Å². The van der Waals surface area contributed by atoms with E-state index in [0.29, 0.717) is 42.5 Å². The van der Waals surface area contributed by atoms with E-state index in [1.807, 2.05) is 41.3 Å². The molecule has 2 saturated heterocycles. The molecular weight excluding hydrogens is 454 g/mol. The number of rotatable bonds is 6. The van der Waals surface area contributed by atoms with Gasteiger partial charge in [0.05, 0.1) is 12.5 Å². The summed E-state index contributed by atoms with van der Waals surface area (Å²) in [5, 5.41) is 11.4. The van der Waals surface area contributed by atoms with Crippen molar-refractivity contribution in [2.75, 3.05) is 36.4 Å². The van der Waals surface area contributed by atoms with Crippen molar-refractivity contribution in [1.29, 1.82) is 0 Å². The van der Waals surface area contributed by atoms with Gasteiger partial charge < -0.3 is 19.9 Å². The van der Waals surface area contributed by atoms with E-state index in [1.165, 1.54) is 0 Å². The monoisotopic (exact) mass is 477 g/mol. The number of nitrogens with one attached hydrogen (secondary N) is 1. The Hall–Kier alpha value is -3.65. The number of carbonyl (C=O) groups excluding carboxylic acids is 2. The SMILES string of the molecule is O=C(Nc1ccc(O[C@@H]2CCN(C(=O)c3cccc(Cl)c3)C2)cc1)C1CN(c2cccnn2)C1. The van der Waals surface area contributed by atoms with E-state index < -0.39 is 0 Å². The van der Waals surface area contributed by atoms with Crippen molar-refractivity contribution < 1.29 is 14.3 Å². The molecule has 174 valence electrons. The highest BCUT2D eigenvalue weighted by molar-refractivity contribution is 6.30. The van der Waals surface area contributed by atoms with Crippen LogP contribution in [0, 0.1) is 5.92 Å². The zero-order chi connectivity index (χ0) is 23.5. The number of hydrogen-bond donors (Lipinski definition) is 1. The Bertz CT molecular complexity index is 1170. The van der Waals surface area contributed by atoms with E-state index >= 15 is 0 Å². The van der Waals surface area contributed by atoms with Crippen LogP contribution in [0.15, 0.2) is 66.9 Å². The van der Waals surface area contributed by atoms with E-state index in [2.05, 4.69) is 15.5 Å². The average molecular weight is 478 g/mol. The van der Waals surface area contributed by atoms with E-state index in [1.54, 1.807) is 35.4 Å². The lowest BCUT2D eigenvalue weighted by molar-refractivity contribution is -0.120. The van der Waals surface area contributed by atoms with Gasteiger partial charge >= 0.3 is 0 Å². The third-order valence-electron chi connectivity index (χ3n) is 6.06. The summed E-state index contributed by atoms with van der Waals surface area (Å²) in [6.07, 6.45) is 2.31. The number of anilines is 2. The number of ether oxygens (including phenoxy) is 1. The molecule has 3 heterocycles. The summed E-state index contributed by atoms with van der Waals surface area (Å²) in [5.74, 6) is 1.35. The Balaban J connectivity index is 1.09. The Morgan fingerprint density at radius 3 is 2.59 bits per heavy atom. The lowest BCUT2D eigenvalue weighted by Gasteiger charge is -2.38. The van der Waals surface area contributed by atoms with Gasteiger partial charge in [-0.05, 0) is 54.6 Å². The van der Waals surface area contributed by atoms with E-state index in [0.717, 1.165) is 17.9 Å². The van der Waals surface area contributed by atoms with Crippen LogP contribution < -0.4 is 15.0 Å². The Labute approximate surface area is 202 Å². The minimum atomic E-state index is -0.0839. The summed E-state index contributed by atoms with van der Waals surface area (Å²) < 4.78 is 6.07. The first-order valence-corrected chi connectivity index (χ1v) is 11.6. The molecule has 1 N–H and O–H groups in total. The molecule has 5 rings (SSSR count). The van der Waals surface area contributed by atoms with Gasteiger partial charge in [0.25, 0.3) is 5.91 Å². The molecule has 34 heavy (non-hydrogen) atoms. The molecular formula is C25H24ClN5O3. The van der Waals surface area contributed by atoms with Crippen LogP contribution in [-0.4, -0.2) is 59.2 Å². The molecule has 0 bridgehead atoms. The van der Waals surface area contributed by atoms with Crippen LogP contribution in [0.1, 0.15) is 16.8 Å². The molecule has 9 heteroatoms. The molecule has 0 radical (unpaired) electrons. The first kappa shape index (κ1) is 22.2. The molecule has 2 amide bonds. The van der Waals surface area contributed by atoms with Gasteiger partial charge in [0.15, 0.2) is 5.82 Å². The fraction of sp³-hybridized carbons (Fsp3) is 0.280.